The Labute approximate surface area is 91.9 Å². The summed E-state index contributed by atoms with van der Waals surface area (Å²) < 4.78 is 14.4. The molecule has 0 spiro atoms. The van der Waals surface area contributed by atoms with Crippen LogP contribution in [-0.2, 0) is 0 Å². The lowest BCUT2D eigenvalue weighted by atomic mass is 10.1. The molecule has 14 heavy (non-hydrogen) atoms. The van der Waals surface area contributed by atoms with E-state index in [1.807, 2.05) is 13.8 Å². The van der Waals surface area contributed by atoms with Gasteiger partial charge in [-0.05, 0) is 52.2 Å². The monoisotopic (exact) mass is 257 g/mol. The van der Waals surface area contributed by atoms with Gasteiger partial charge in [0.25, 0.3) is 0 Å². The van der Waals surface area contributed by atoms with Gasteiger partial charge in [-0.2, -0.15) is 0 Å². The van der Waals surface area contributed by atoms with Crippen molar-refractivity contribution in [1.29, 1.82) is 0 Å². The van der Waals surface area contributed by atoms with E-state index in [-0.39, 0.29) is 11.7 Å². The molecule has 1 fully saturated rings. The van der Waals surface area contributed by atoms with E-state index in [0.717, 1.165) is 10.2 Å². The van der Waals surface area contributed by atoms with E-state index in [1.54, 1.807) is 6.07 Å². The fraction of sp³-hybridized carbons (Fsp3) is 0.545. The van der Waals surface area contributed by atoms with Crippen LogP contribution in [-0.4, -0.2) is 4.98 Å². The predicted molar refractivity (Wildman–Crippen MR) is 58.0 cm³/mol. The normalized spacial score (nSPS) is 16.4. The third-order valence-electron chi connectivity index (χ3n) is 2.55. The van der Waals surface area contributed by atoms with Crippen LogP contribution in [0.15, 0.2) is 10.7 Å². The Balaban J connectivity index is 2.43. The molecule has 1 aromatic rings. The van der Waals surface area contributed by atoms with Crippen LogP contribution in [0.25, 0.3) is 0 Å². The van der Waals surface area contributed by atoms with Gasteiger partial charge in [0.1, 0.15) is 10.4 Å². The Morgan fingerprint density at radius 2 is 2.14 bits per heavy atom. The molecule has 0 aliphatic heterocycles. The summed E-state index contributed by atoms with van der Waals surface area (Å²) in [7, 11) is 0. The summed E-state index contributed by atoms with van der Waals surface area (Å²) in [5.74, 6) is 0.511. The Hall–Kier alpha value is -0.440. The second kappa shape index (κ2) is 3.61. The van der Waals surface area contributed by atoms with Crippen molar-refractivity contribution in [3.8, 4) is 0 Å². The lowest BCUT2D eigenvalue weighted by Gasteiger charge is -2.09. The van der Waals surface area contributed by atoms with E-state index in [2.05, 4.69) is 20.9 Å². The summed E-state index contributed by atoms with van der Waals surface area (Å²) in [6, 6.07) is 1.64. The van der Waals surface area contributed by atoms with Gasteiger partial charge in [-0.15, -0.1) is 0 Å². The Kier molecular flexibility index (Phi) is 2.60. The first-order valence-corrected chi connectivity index (χ1v) is 5.74. The van der Waals surface area contributed by atoms with Gasteiger partial charge in [-0.1, -0.05) is 13.8 Å². The van der Waals surface area contributed by atoms with Crippen LogP contribution in [0.3, 0.4) is 0 Å². The summed E-state index contributed by atoms with van der Waals surface area (Å²) in [5, 5.41) is 0. The number of nitrogens with zero attached hydrogens (tertiary/aromatic N) is 1. The van der Waals surface area contributed by atoms with Gasteiger partial charge in [-0.25, -0.2) is 9.37 Å². The van der Waals surface area contributed by atoms with Gasteiger partial charge < -0.3 is 0 Å². The van der Waals surface area contributed by atoms with Crippen LogP contribution in [0.4, 0.5) is 4.39 Å². The molecule has 1 saturated carbocycles. The second-order valence-electron chi connectivity index (χ2n) is 4.16. The van der Waals surface area contributed by atoms with E-state index >= 15 is 0 Å². The minimum absolute atomic E-state index is 0.138. The van der Waals surface area contributed by atoms with E-state index in [1.165, 1.54) is 12.8 Å². The summed E-state index contributed by atoms with van der Waals surface area (Å²) in [6.07, 6.45) is 2.33. The molecule has 1 nitrogen and oxygen atoms in total. The van der Waals surface area contributed by atoms with Crippen molar-refractivity contribution in [1.82, 2.24) is 4.98 Å². The number of pyridine rings is 1. The summed E-state index contributed by atoms with van der Waals surface area (Å²) in [5.41, 5.74) is 1.59. The highest BCUT2D eigenvalue weighted by molar-refractivity contribution is 9.10. The molecule has 0 atom stereocenters. The molecule has 0 radical (unpaired) electrons. The SMILES string of the molecule is CC(C)c1nc(Br)c(C2CC2)cc1F. The third kappa shape index (κ3) is 1.83. The minimum atomic E-state index is -0.162. The molecule has 2 rings (SSSR count). The molecular weight excluding hydrogens is 245 g/mol. The van der Waals surface area contributed by atoms with Crippen LogP contribution >= 0.6 is 15.9 Å². The zero-order valence-electron chi connectivity index (χ0n) is 8.35. The molecule has 0 bridgehead atoms. The molecule has 0 aromatic carbocycles. The number of halogens is 2. The van der Waals surface area contributed by atoms with Crippen molar-refractivity contribution < 1.29 is 4.39 Å². The Morgan fingerprint density at radius 3 is 2.64 bits per heavy atom. The molecular formula is C11H13BrFN. The zero-order valence-corrected chi connectivity index (χ0v) is 9.94. The maximum absolute atomic E-state index is 13.6. The van der Waals surface area contributed by atoms with E-state index in [9.17, 15) is 4.39 Å². The Morgan fingerprint density at radius 1 is 1.50 bits per heavy atom. The molecule has 1 aliphatic carbocycles. The van der Waals surface area contributed by atoms with Crippen LogP contribution in [0, 0.1) is 5.82 Å². The van der Waals surface area contributed by atoms with Crippen molar-refractivity contribution in [2.24, 2.45) is 0 Å². The van der Waals surface area contributed by atoms with Gasteiger partial charge in [-0.3, -0.25) is 0 Å². The molecule has 0 unspecified atom stereocenters. The quantitative estimate of drug-likeness (QED) is 0.731. The number of rotatable bonds is 2. The number of hydrogen-bond acceptors (Lipinski definition) is 1. The van der Waals surface area contributed by atoms with Gasteiger partial charge in [0.05, 0.1) is 5.69 Å². The van der Waals surface area contributed by atoms with Crippen molar-refractivity contribution in [3.63, 3.8) is 0 Å². The highest BCUT2D eigenvalue weighted by Gasteiger charge is 2.27. The average Bonchev–Trinajstić information content (AvgIpc) is 2.91. The van der Waals surface area contributed by atoms with Crippen LogP contribution in [0.1, 0.15) is 49.8 Å². The fourth-order valence-corrected chi connectivity index (χ4v) is 2.21. The molecule has 3 heteroatoms. The molecule has 0 amide bonds. The first-order valence-electron chi connectivity index (χ1n) is 4.95. The molecule has 1 heterocycles. The summed E-state index contributed by atoms with van der Waals surface area (Å²) >= 11 is 3.41. The van der Waals surface area contributed by atoms with Crippen LogP contribution in [0.5, 0.6) is 0 Å². The van der Waals surface area contributed by atoms with Crippen molar-refractivity contribution in [2.45, 2.75) is 38.5 Å². The first-order chi connectivity index (χ1) is 6.59. The predicted octanol–water partition coefficient (Wildman–Crippen LogP) is 3.98. The zero-order chi connectivity index (χ0) is 10.3. The first kappa shape index (κ1) is 10.1. The number of aromatic nitrogens is 1. The van der Waals surface area contributed by atoms with Crippen molar-refractivity contribution in [2.75, 3.05) is 0 Å². The maximum Gasteiger partial charge on any atom is 0.145 e. The van der Waals surface area contributed by atoms with Crippen molar-refractivity contribution >= 4 is 15.9 Å². The number of hydrogen-bond donors (Lipinski definition) is 0. The van der Waals surface area contributed by atoms with E-state index in [4.69, 9.17) is 0 Å². The lowest BCUT2D eigenvalue weighted by Crippen LogP contribution is -2.00. The standard InChI is InChI=1S/C11H13BrFN/c1-6(2)10-9(13)5-8(7-3-4-7)11(12)14-10/h5-7H,3-4H2,1-2H3. The van der Waals surface area contributed by atoms with Crippen LogP contribution < -0.4 is 0 Å². The van der Waals surface area contributed by atoms with E-state index < -0.39 is 0 Å². The summed E-state index contributed by atoms with van der Waals surface area (Å²) in [4.78, 5) is 4.28. The smallest absolute Gasteiger partial charge is 0.145 e. The fourth-order valence-electron chi connectivity index (χ4n) is 1.58. The molecule has 1 aliphatic rings. The second-order valence-corrected chi connectivity index (χ2v) is 4.92. The molecule has 0 saturated heterocycles. The molecule has 0 N–H and O–H groups in total. The third-order valence-corrected chi connectivity index (χ3v) is 3.18. The van der Waals surface area contributed by atoms with Gasteiger partial charge >= 0.3 is 0 Å². The van der Waals surface area contributed by atoms with Gasteiger partial charge in [0, 0.05) is 0 Å². The minimum Gasteiger partial charge on any atom is -0.242 e. The Bertz CT molecular complexity index is 331. The lowest BCUT2D eigenvalue weighted by molar-refractivity contribution is 0.580. The maximum atomic E-state index is 13.6. The van der Waals surface area contributed by atoms with Gasteiger partial charge in [0.15, 0.2) is 0 Å². The topological polar surface area (TPSA) is 12.9 Å². The average molecular weight is 258 g/mol. The highest BCUT2D eigenvalue weighted by atomic mass is 79.9. The molecule has 1 aromatic heterocycles. The highest BCUT2D eigenvalue weighted by Crippen LogP contribution is 2.43. The van der Waals surface area contributed by atoms with Gasteiger partial charge in [0.2, 0.25) is 0 Å². The van der Waals surface area contributed by atoms with Crippen LogP contribution in [0.2, 0.25) is 0 Å². The van der Waals surface area contributed by atoms with E-state index in [0.29, 0.717) is 11.6 Å². The van der Waals surface area contributed by atoms with Crippen molar-refractivity contribution in [3.05, 3.63) is 27.7 Å². The largest absolute Gasteiger partial charge is 0.242 e. The molecule has 76 valence electrons. The summed E-state index contributed by atoms with van der Waals surface area (Å²) in [6.45, 7) is 3.91.